The lowest BCUT2D eigenvalue weighted by atomic mass is 10.4. The van der Waals surface area contributed by atoms with Crippen LogP contribution in [-0.4, -0.2) is 24.5 Å². The molecule has 1 aromatic carbocycles. The molecule has 0 fully saturated rings. The minimum absolute atomic E-state index is 0.0514. The van der Waals surface area contributed by atoms with E-state index in [0.29, 0.717) is 11.3 Å². The third-order valence-corrected chi connectivity index (χ3v) is 5.55. The highest BCUT2D eigenvalue weighted by Crippen LogP contribution is 2.27. The molecule has 0 radical (unpaired) electrons. The van der Waals surface area contributed by atoms with Crippen molar-refractivity contribution in [3.05, 3.63) is 40.9 Å². The van der Waals surface area contributed by atoms with E-state index in [2.05, 4.69) is 4.98 Å². The minimum Gasteiger partial charge on any atom is -0.477 e. The lowest BCUT2D eigenvalue weighted by Gasteiger charge is -1.98. The first-order valence-corrected chi connectivity index (χ1v) is 7.24. The van der Waals surface area contributed by atoms with E-state index in [1.165, 1.54) is 19.1 Å². The van der Waals surface area contributed by atoms with Gasteiger partial charge in [0.2, 0.25) is 14.2 Å². The number of sulfone groups is 1. The Bertz CT molecular complexity index is 689. The number of hydrogen-bond donors (Lipinski definition) is 1. The van der Waals surface area contributed by atoms with Gasteiger partial charge in [-0.05, 0) is 19.1 Å². The second-order valence-corrected chi connectivity index (χ2v) is 6.64. The third-order valence-electron chi connectivity index (χ3n) is 2.25. The van der Waals surface area contributed by atoms with Gasteiger partial charge >= 0.3 is 5.97 Å². The Morgan fingerprint density at radius 2 is 1.89 bits per heavy atom. The zero-order valence-electron chi connectivity index (χ0n) is 9.32. The van der Waals surface area contributed by atoms with E-state index in [9.17, 15) is 13.2 Å². The SMILES string of the molecule is Cc1nc(S(=O)(=O)c2ccccc2)sc1C(=O)O. The van der Waals surface area contributed by atoms with Crippen LogP contribution in [-0.2, 0) is 9.84 Å². The van der Waals surface area contributed by atoms with Crippen LogP contribution >= 0.6 is 11.3 Å². The van der Waals surface area contributed by atoms with Crippen molar-refractivity contribution in [1.29, 1.82) is 0 Å². The number of aromatic carboxylic acids is 1. The predicted octanol–water partition coefficient (Wildman–Crippen LogP) is 1.98. The van der Waals surface area contributed by atoms with Gasteiger partial charge in [-0.25, -0.2) is 18.2 Å². The Morgan fingerprint density at radius 3 is 2.39 bits per heavy atom. The number of hydrogen-bond acceptors (Lipinski definition) is 5. The first kappa shape index (κ1) is 12.7. The van der Waals surface area contributed by atoms with Crippen LogP contribution in [0.15, 0.2) is 39.6 Å². The van der Waals surface area contributed by atoms with Crippen LogP contribution in [0.4, 0.5) is 0 Å². The molecule has 0 amide bonds. The van der Waals surface area contributed by atoms with Crippen molar-refractivity contribution in [3.63, 3.8) is 0 Å². The van der Waals surface area contributed by atoms with E-state index in [4.69, 9.17) is 5.11 Å². The number of carboxylic acid groups (broad SMARTS) is 1. The van der Waals surface area contributed by atoms with Crippen molar-refractivity contribution in [2.75, 3.05) is 0 Å². The first-order chi connectivity index (χ1) is 8.43. The lowest BCUT2D eigenvalue weighted by Crippen LogP contribution is -2.00. The van der Waals surface area contributed by atoms with E-state index in [1.54, 1.807) is 18.2 Å². The van der Waals surface area contributed by atoms with E-state index in [-0.39, 0.29) is 19.8 Å². The summed E-state index contributed by atoms with van der Waals surface area (Å²) < 4.78 is 24.2. The third kappa shape index (κ3) is 2.14. The lowest BCUT2D eigenvalue weighted by molar-refractivity contribution is 0.0701. The van der Waals surface area contributed by atoms with Crippen molar-refractivity contribution >= 4 is 27.1 Å². The van der Waals surface area contributed by atoms with Gasteiger partial charge in [0.25, 0.3) is 0 Å². The Morgan fingerprint density at radius 1 is 1.28 bits per heavy atom. The first-order valence-electron chi connectivity index (χ1n) is 4.94. The largest absolute Gasteiger partial charge is 0.477 e. The number of nitrogens with zero attached hydrogens (tertiary/aromatic N) is 1. The molecule has 2 aromatic rings. The van der Waals surface area contributed by atoms with Gasteiger partial charge < -0.3 is 5.11 Å². The number of benzene rings is 1. The molecule has 0 bridgehead atoms. The molecule has 18 heavy (non-hydrogen) atoms. The maximum absolute atomic E-state index is 12.2. The average Bonchev–Trinajstić information content (AvgIpc) is 2.73. The summed E-state index contributed by atoms with van der Waals surface area (Å²) in [5, 5.41) is 8.89. The standard InChI is InChI=1S/C11H9NO4S2/c1-7-9(10(13)14)17-11(12-7)18(15,16)8-5-3-2-4-6-8/h2-6H,1H3,(H,13,14). The normalized spacial score (nSPS) is 11.4. The molecule has 5 nitrogen and oxygen atoms in total. The number of rotatable bonds is 3. The Balaban J connectivity index is 2.56. The Labute approximate surface area is 108 Å². The van der Waals surface area contributed by atoms with Gasteiger partial charge in [0.15, 0.2) is 0 Å². The number of aromatic nitrogens is 1. The van der Waals surface area contributed by atoms with Crippen molar-refractivity contribution in [1.82, 2.24) is 4.98 Å². The van der Waals surface area contributed by atoms with E-state index >= 15 is 0 Å². The summed E-state index contributed by atoms with van der Waals surface area (Å²) in [7, 11) is -3.73. The summed E-state index contributed by atoms with van der Waals surface area (Å²) in [6, 6.07) is 7.81. The summed E-state index contributed by atoms with van der Waals surface area (Å²) in [5.41, 5.74) is 0.210. The van der Waals surface area contributed by atoms with Gasteiger partial charge in [0, 0.05) is 0 Å². The molecule has 0 aliphatic rings. The monoisotopic (exact) mass is 283 g/mol. The van der Waals surface area contributed by atoms with Gasteiger partial charge in [-0.1, -0.05) is 29.5 Å². The molecular formula is C11H9NO4S2. The number of aryl methyl sites for hydroxylation is 1. The van der Waals surface area contributed by atoms with Crippen molar-refractivity contribution < 1.29 is 18.3 Å². The molecule has 0 atom stereocenters. The maximum atomic E-state index is 12.2. The molecule has 94 valence electrons. The van der Waals surface area contributed by atoms with Crippen molar-refractivity contribution in [2.24, 2.45) is 0 Å². The van der Waals surface area contributed by atoms with Gasteiger partial charge in [0.1, 0.15) is 4.88 Å². The van der Waals surface area contributed by atoms with Crippen molar-refractivity contribution in [2.45, 2.75) is 16.2 Å². The zero-order chi connectivity index (χ0) is 13.3. The summed E-state index contributed by atoms with van der Waals surface area (Å²) in [4.78, 5) is 14.8. The molecule has 0 unspecified atom stereocenters. The fraction of sp³-hybridized carbons (Fsp3) is 0.0909. The van der Waals surface area contributed by atoms with E-state index in [1.807, 2.05) is 0 Å². The highest BCUT2D eigenvalue weighted by atomic mass is 32.2. The predicted molar refractivity (Wildman–Crippen MR) is 65.7 cm³/mol. The Hall–Kier alpha value is -1.73. The minimum atomic E-state index is -3.73. The van der Waals surface area contributed by atoms with Gasteiger partial charge in [-0.2, -0.15) is 0 Å². The molecule has 0 aliphatic heterocycles. The molecule has 7 heteroatoms. The van der Waals surface area contributed by atoms with Crippen LogP contribution in [0.2, 0.25) is 0 Å². The molecule has 0 spiro atoms. The highest BCUT2D eigenvalue weighted by molar-refractivity contribution is 7.93. The summed E-state index contributed by atoms with van der Waals surface area (Å²) in [6.07, 6.45) is 0. The van der Waals surface area contributed by atoms with Gasteiger partial charge in [-0.15, -0.1) is 0 Å². The van der Waals surface area contributed by atoms with E-state index in [0.717, 1.165) is 0 Å². The van der Waals surface area contributed by atoms with Crippen LogP contribution in [0.3, 0.4) is 0 Å². The topological polar surface area (TPSA) is 84.3 Å². The summed E-state index contributed by atoms with van der Waals surface area (Å²) in [5.74, 6) is -1.17. The summed E-state index contributed by atoms with van der Waals surface area (Å²) in [6.45, 7) is 1.48. The smallest absolute Gasteiger partial charge is 0.347 e. The van der Waals surface area contributed by atoms with Crippen LogP contribution in [0, 0.1) is 6.92 Å². The average molecular weight is 283 g/mol. The van der Waals surface area contributed by atoms with Crippen LogP contribution in [0.5, 0.6) is 0 Å². The second-order valence-electron chi connectivity index (χ2n) is 3.52. The number of carbonyl (C=O) groups is 1. The fourth-order valence-corrected chi connectivity index (χ4v) is 3.98. The number of carboxylic acids is 1. The van der Waals surface area contributed by atoms with Gasteiger partial charge in [0.05, 0.1) is 10.6 Å². The maximum Gasteiger partial charge on any atom is 0.347 e. The fourth-order valence-electron chi connectivity index (χ4n) is 1.39. The van der Waals surface area contributed by atoms with E-state index < -0.39 is 15.8 Å². The second kappa shape index (κ2) is 4.51. The van der Waals surface area contributed by atoms with Gasteiger partial charge in [-0.3, -0.25) is 0 Å². The van der Waals surface area contributed by atoms with Crippen LogP contribution in [0.25, 0.3) is 0 Å². The zero-order valence-corrected chi connectivity index (χ0v) is 11.0. The molecule has 1 heterocycles. The van der Waals surface area contributed by atoms with Crippen molar-refractivity contribution in [3.8, 4) is 0 Å². The highest BCUT2D eigenvalue weighted by Gasteiger charge is 2.25. The molecule has 1 N–H and O–H groups in total. The number of thiazole rings is 1. The van der Waals surface area contributed by atoms with Crippen LogP contribution < -0.4 is 0 Å². The molecule has 2 rings (SSSR count). The molecule has 0 saturated heterocycles. The summed E-state index contributed by atoms with van der Waals surface area (Å²) >= 11 is 0.671. The van der Waals surface area contributed by atoms with Crippen LogP contribution in [0.1, 0.15) is 15.4 Å². The molecule has 0 saturated carbocycles. The molecule has 1 aromatic heterocycles. The molecule has 0 aliphatic carbocycles. The Kier molecular flexibility index (Phi) is 3.18. The quantitative estimate of drug-likeness (QED) is 0.931. The molecular weight excluding hydrogens is 274 g/mol.